The van der Waals surface area contributed by atoms with Crippen molar-refractivity contribution in [1.82, 2.24) is 0 Å². The second-order valence-electron chi connectivity index (χ2n) is 3.22. The minimum absolute atomic E-state index is 0.117. The highest BCUT2D eigenvalue weighted by atomic mass is 127. The van der Waals surface area contributed by atoms with Gasteiger partial charge in [0.1, 0.15) is 0 Å². The Morgan fingerprint density at radius 2 is 2.11 bits per heavy atom. The van der Waals surface area contributed by atoms with Gasteiger partial charge in [-0.05, 0) is 19.8 Å². The summed E-state index contributed by atoms with van der Waals surface area (Å²) in [6, 6.07) is 0. The van der Waals surface area contributed by atoms with E-state index in [4.69, 9.17) is 4.74 Å². The molecule has 1 aliphatic heterocycles. The van der Waals surface area contributed by atoms with Crippen LogP contribution in [0.4, 0.5) is 0 Å². The highest BCUT2D eigenvalue weighted by Gasteiger charge is 2.38. The molecule has 1 heterocycles. The highest BCUT2D eigenvalue weighted by molar-refractivity contribution is 14.1. The lowest BCUT2D eigenvalue weighted by Crippen LogP contribution is -2.27. The molecular formula is C7H13IO. The van der Waals surface area contributed by atoms with Crippen LogP contribution >= 0.6 is 22.6 Å². The predicted octanol–water partition coefficient (Wildman–Crippen LogP) is 2.23. The van der Waals surface area contributed by atoms with E-state index < -0.39 is 0 Å². The van der Waals surface area contributed by atoms with E-state index in [0.717, 1.165) is 6.61 Å². The molecule has 0 radical (unpaired) electrons. The molecule has 1 nitrogen and oxygen atoms in total. The minimum atomic E-state index is 0.117. The molecule has 0 spiro atoms. The van der Waals surface area contributed by atoms with Gasteiger partial charge in [0.15, 0.2) is 0 Å². The van der Waals surface area contributed by atoms with Gasteiger partial charge in [0.2, 0.25) is 0 Å². The summed E-state index contributed by atoms with van der Waals surface area (Å²) < 4.78 is 6.26. The first kappa shape index (κ1) is 7.79. The molecule has 1 aliphatic rings. The zero-order chi connectivity index (χ0) is 7.07. The van der Waals surface area contributed by atoms with Gasteiger partial charge in [0.05, 0.1) is 12.2 Å². The topological polar surface area (TPSA) is 9.23 Å². The van der Waals surface area contributed by atoms with E-state index in [2.05, 4.69) is 43.4 Å². The number of rotatable bonds is 0. The molecule has 0 aromatic rings. The highest BCUT2D eigenvalue weighted by Crippen LogP contribution is 2.35. The van der Waals surface area contributed by atoms with Gasteiger partial charge in [0.25, 0.3) is 0 Å². The monoisotopic (exact) mass is 240 g/mol. The molecule has 0 amide bonds. The SMILES string of the molecule is CC1C(I)COC1(C)C. The Morgan fingerprint density at radius 3 is 2.22 bits per heavy atom. The number of hydrogen-bond donors (Lipinski definition) is 0. The van der Waals surface area contributed by atoms with Gasteiger partial charge >= 0.3 is 0 Å². The zero-order valence-corrected chi connectivity index (χ0v) is 8.31. The maximum absolute atomic E-state index is 5.56. The van der Waals surface area contributed by atoms with Gasteiger partial charge < -0.3 is 4.74 Å². The Hall–Kier alpha value is 0.690. The van der Waals surface area contributed by atoms with Crippen LogP contribution in [-0.2, 0) is 4.74 Å². The zero-order valence-electron chi connectivity index (χ0n) is 6.15. The van der Waals surface area contributed by atoms with E-state index in [1.165, 1.54) is 0 Å². The Bertz CT molecular complexity index is 111. The summed E-state index contributed by atoms with van der Waals surface area (Å²) in [7, 11) is 0. The van der Waals surface area contributed by atoms with E-state index in [1.807, 2.05) is 0 Å². The molecule has 2 atom stereocenters. The van der Waals surface area contributed by atoms with Crippen LogP contribution in [0.2, 0.25) is 0 Å². The predicted molar refractivity (Wildman–Crippen MR) is 47.0 cm³/mol. The Kier molecular flexibility index (Phi) is 2.06. The summed E-state index contributed by atoms with van der Waals surface area (Å²) in [5, 5.41) is 0. The van der Waals surface area contributed by atoms with Crippen LogP contribution in [0.5, 0.6) is 0 Å². The van der Waals surface area contributed by atoms with Gasteiger partial charge in [-0.2, -0.15) is 0 Å². The lowest BCUT2D eigenvalue weighted by Gasteiger charge is -2.22. The lowest BCUT2D eigenvalue weighted by molar-refractivity contribution is 0.0153. The fourth-order valence-corrected chi connectivity index (χ4v) is 2.05. The average Bonchev–Trinajstić information content (AvgIpc) is 1.97. The summed E-state index contributed by atoms with van der Waals surface area (Å²) in [6.07, 6.45) is 0. The van der Waals surface area contributed by atoms with Crippen molar-refractivity contribution in [2.24, 2.45) is 5.92 Å². The molecule has 1 rings (SSSR count). The quantitative estimate of drug-likeness (QED) is 0.466. The van der Waals surface area contributed by atoms with Crippen molar-refractivity contribution in [2.75, 3.05) is 6.61 Å². The molecule has 1 fully saturated rings. The largest absolute Gasteiger partial charge is 0.374 e. The molecule has 0 aromatic carbocycles. The average molecular weight is 240 g/mol. The third kappa shape index (κ3) is 1.40. The second-order valence-corrected chi connectivity index (χ2v) is 4.82. The summed E-state index contributed by atoms with van der Waals surface area (Å²) in [6.45, 7) is 7.51. The molecule has 9 heavy (non-hydrogen) atoms. The van der Waals surface area contributed by atoms with Crippen LogP contribution in [0.1, 0.15) is 20.8 Å². The van der Waals surface area contributed by atoms with Crippen molar-refractivity contribution in [2.45, 2.75) is 30.3 Å². The molecule has 54 valence electrons. The second kappa shape index (κ2) is 2.38. The summed E-state index contributed by atoms with van der Waals surface area (Å²) >= 11 is 2.46. The standard InChI is InChI=1S/C7H13IO/c1-5-6(8)4-9-7(5,2)3/h5-6H,4H2,1-3H3. The van der Waals surface area contributed by atoms with Crippen LogP contribution in [-0.4, -0.2) is 16.1 Å². The van der Waals surface area contributed by atoms with Crippen LogP contribution < -0.4 is 0 Å². The number of halogens is 1. The van der Waals surface area contributed by atoms with E-state index in [-0.39, 0.29) is 5.60 Å². The fourth-order valence-electron chi connectivity index (χ4n) is 1.01. The Balaban J connectivity index is 2.62. The van der Waals surface area contributed by atoms with Crippen molar-refractivity contribution in [1.29, 1.82) is 0 Å². The van der Waals surface area contributed by atoms with Crippen LogP contribution in [0.15, 0.2) is 0 Å². The Labute approximate surface area is 70.3 Å². The maximum atomic E-state index is 5.56. The first-order valence-electron chi connectivity index (χ1n) is 3.32. The minimum Gasteiger partial charge on any atom is -0.374 e. The number of ether oxygens (including phenoxy) is 1. The van der Waals surface area contributed by atoms with Crippen molar-refractivity contribution >= 4 is 22.6 Å². The molecule has 0 aromatic heterocycles. The van der Waals surface area contributed by atoms with Crippen LogP contribution in [0, 0.1) is 5.92 Å². The fraction of sp³-hybridized carbons (Fsp3) is 1.00. The third-order valence-corrected chi connectivity index (χ3v) is 3.69. The normalized spacial score (nSPS) is 41.3. The molecule has 1 saturated heterocycles. The molecule has 2 heteroatoms. The van der Waals surface area contributed by atoms with E-state index in [1.54, 1.807) is 0 Å². The van der Waals surface area contributed by atoms with Crippen molar-refractivity contribution in [3.63, 3.8) is 0 Å². The maximum Gasteiger partial charge on any atom is 0.0663 e. The number of alkyl halides is 1. The first-order chi connectivity index (χ1) is 4.04. The van der Waals surface area contributed by atoms with Crippen molar-refractivity contribution in [3.05, 3.63) is 0 Å². The number of hydrogen-bond acceptors (Lipinski definition) is 1. The summed E-state index contributed by atoms with van der Waals surface area (Å²) in [4.78, 5) is 0. The van der Waals surface area contributed by atoms with Gasteiger partial charge in [-0.1, -0.05) is 29.5 Å². The Morgan fingerprint density at radius 1 is 1.56 bits per heavy atom. The summed E-state index contributed by atoms with van der Waals surface area (Å²) in [5.74, 6) is 0.693. The molecule has 0 N–H and O–H groups in total. The van der Waals surface area contributed by atoms with Crippen LogP contribution in [0.3, 0.4) is 0 Å². The van der Waals surface area contributed by atoms with Gasteiger partial charge in [0, 0.05) is 3.92 Å². The first-order valence-corrected chi connectivity index (χ1v) is 4.56. The molecular weight excluding hydrogens is 227 g/mol. The van der Waals surface area contributed by atoms with E-state index >= 15 is 0 Å². The van der Waals surface area contributed by atoms with Crippen LogP contribution in [0.25, 0.3) is 0 Å². The van der Waals surface area contributed by atoms with Crippen molar-refractivity contribution < 1.29 is 4.74 Å². The van der Waals surface area contributed by atoms with Gasteiger partial charge in [-0.3, -0.25) is 0 Å². The smallest absolute Gasteiger partial charge is 0.0663 e. The molecule has 2 unspecified atom stereocenters. The molecule has 0 bridgehead atoms. The third-order valence-electron chi connectivity index (χ3n) is 2.25. The van der Waals surface area contributed by atoms with E-state index in [9.17, 15) is 0 Å². The molecule has 0 saturated carbocycles. The lowest BCUT2D eigenvalue weighted by atomic mass is 9.93. The van der Waals surface area contributed by atoms with Gasteiger partial charge in [-0.25, -0.2) is 0 Å². The van der Waals surface area contributed by atoms with Gasteiger partial charge in [-0.15, -0.1) is 0 Å². The van der Waals surface area contributed by atoms with Crippen molar-refractivity contribution in [3.8, 4) is 0 Å². The molecule has 0 aliphatic carbocycles. The summed E-state index contributed by atoms with van der Waals surface area (Å²) in [5.41, 5.74) is 0.117. The van der Waals surface area contributed by atoms with E-state index in [0.29, 0.717) is 9.84 Å².